The van der Waals surface area contributed by atoms with Crippen LogP contribution in [0.2, 0.25) is 0 Å². The van der Waals surface area contributed by atoms with Crippen LogP contribution in [-0.4, -0.2) is 41.4 Å². The summed E-state index contributed by atoms with van der Waals surface area (Å²) < 4.78 is 33.1. The van der Waals surface area contributed by atoms with E-state index in [4.69, 9.17) is 4.42 Å². The Bertz CT molecular complexity index is 1160. The van der Waals surface area contributed by atoms with Gasteiger partial charge in [0.1, 0.15) is 10.3 Å². The second-order valence-electron chi connectivity index (χ2n) is 7.28. The molecule has 1 fully saturated rings. The highest BCUT2D eigenvalue weighted by atomic mass is 32.2. The number of aromatic nitrogens is 2. The predicted octanol–water partition coefficient (Wildman–Crippen LogP) is 3.60. The van der Waals surface area contributed by atoms with Crippen LogP contribution in [0.4, 0.5) is 6.01 Å². The largest absolute Gasteiger partial charge is 0.403 e. The van der Waals surface area contributed by atoms with E-state index in [2.05, 4.69) is 15.5 Å². The van der Waals surface area contributed by atoms with Crippen LogP contribution >= 0.6 is 11.3 Å². The van der Waals surface area contributed by atoms with Gasteiger partial charge in [0.15, 0.2) is 0 Å². The monoisotopic (exact) mass is 446 g/mol. The standard InChI is InChI=1S/C20H22N4O4S2/c1-13-8-9-15(14(2)12-13)19-22-23-20(28-19)21-18(25)16-6-3-4-10-24(16)30(26,27)17-7-5-11-29-17/h5,7-9,11-12,16H,3-4,6,10H2,1-2H3,(H,21,23,25)/t16-/m1/s1. The molecule has 0 radical (unpaired) electrons. The lowest BCUT2D eigenvalue weighted by molar-refractivity contribution is -0.120. The van der Waals surface area contributed by atoms with Crippen LogP contribution in [0.5, 0.6) is 0 Å². The Hall–Kier alpha value is -2.56. The smallest absolute Gasteiger partial charge is 0.322 e. The van der Waals surface area contributed by atoms with Crippen molar-refractivity contribution in [2.45, 2.75) is 43.4 Å². The van der Waals surface area contributed by atoms with Crippen molar-refractivity contribution in [2.75, 3.05) is 11.9 Å². The molecule has 0 aliphatic carbocycles. The molecule has 8 nitrogen and oxygen atoms in total. The third kappa shape index (κ3) is 4.03. The van der Waals surface area contributed by atoms with Crippen molar-refractivity contribution < 1.29 is 17.6 Å². The van der Waals surface area contributed by atoms with E-state index in [-0.39, 0.29) is 10.2 Å². The van der Waals surface area contributed by atoms with E-state index in [9.17, 15) is 13.2 Å². The van der Waals surface area contributed by atoms with E-state index >= 15 is 0 Å². The average Bonchev–Trinajstić information content (AvgIpc) is 3.41. The van der Waals surface area contributed by atoms with Crippen molar-refractivity contribution in [1.82, 2.24) is 14.5 Å². The Morgan fingerprint density at radius 1 is 1.23 bits per heavy atom. The maximum atomic E-state index is 13.0. The summed E-state index contributed by atoms with van der Waals surface area (Å²) in [5.41, 5.74) is 2.89. The van der Waals surface area contributed by atoms with E-state index in [1.54, 1.807) is 17.5 Å². The number of sulfonamides is 1. The number of thiophene rings is 1. The molecule has 3 aromatic rings. The zero-order valence-corrected chi connectivity index (χ0v) is 18.3. The first-order valence-corrected chi connectivity index (χ1v) is 12.0. The van der Waals surface area contributed by atoms with Gasteiger partial charge in [-0.3, -0.25) is 10.1 Å². The number of amides is 1. The maximum absolute atomic E-state index is 13.0. The van der Waals surface area contributed by atoms with Crippen molar-refractivity contribution in [3.05, 3.63) is 46.8 Å². The molecule has 1 atom stereocenters. The number of hydrogen-bond donors (Lipinski definition) is 1. The van der Waals surface area contributed by atoms with Gasteiger partial charge < -0.3 is 4.42 Å². The average molecular weight is 447 g/mol. The minimum atomic E-state index is -3.73. The van der Waals surface area contributed by atoms with Crippen molar-refractivity contribution >= 4 is 33.3 Å². The van der Waals surface area contributed by atoms with Gasteiger partial charge in [0.25, 0.3) is 10.0 Å². The van der Waals surface area contributed by atoms with Crippen molar-refractivity contribution in [2.24, 2.45) is 0 Å². The minimum Gasteiger partial charge on any atom is -0.403 e. The van der Waals surface area contributed by atoms with Gasteiger partial charge in [0, 0.05) is 12.1 Å². The first-order valence-electron chi connectivity index (χ1n) is 9.63. The van der Waals surface area contributed by atoms with Crippen LogP contribution in [0.15, 0.2) is 44.3 Å². The predicted molar refractivity (Wildman–Crippen MR) is 114 cm³/mol. The van der Waals surface area contributed by atoms with Gasteiger partial charge in [-0.15, -0.1) is 16.4 Å². The van der Waals surface area contributed by atoms with Gasteiger partial charge in [-0.1, -0.05) is 35.3 Å². The summed E-state index contributed by atoms with van der Waals surface area (Å²) in [6.07, 6.45) is 1.92. The molecule has 1 N–H and O–H groups in total. The molecular weight excluding hydrogens is 424 g/mol. The molecule has 0 spiro atoms. The lowest BCUT2D eigenvalue weighted by Gasteiger charge is -2.32. The Labute approximate surface area is 179 Å². The fourth-order valence-corrected chi connectivity index (χ4v) is 6.38. The highest BCUT2D eigenvalue weighted by Crippen LogP contribution is 2.29. The number of rotatable bonds is 5. The molecule has 1 amide bonds. The van der Waals surface area contributed by atoms with Crippen LogP contribution in [0, 0.1) is 13.8 Å². The van der Waals surface area contributed by atoms with Gasteiger partial charge in [-0.05, 0) is 49.8 Å². The molecule has 3 heterocycles. The van der Waals surface area contributed by atoms with Crippen molar-refractivity contribution in [1.29, 1.82) is 0 Å². The second-order valence-corrected chi connectivity index (χ2v) is 10.3. The molecular formula is C20H22N4O4S2. The summed E-state index contributed by atoms with van der Waals surface area (Å²) >= 11 is 1.14. The number of piperidine rings is 1. The van der Waals surface area contributed by atoms with Crippen LogP contribution < -0.4 is 5.32 Å². The molecule has 1 saturated heterocycles. The fourth-order valence-electron chi connectivity index (χ4n) is 3.61. The van der Waals surface area contributed by atoms with E-state index < -0.39 is 22.0 Å². The van der Waals surface area contributed by atoms with Gasteiger partial charge in [0.2, 0.25) is 11.8 Å². The molecule has 2 aromatic heterocycles. The van der Waals surface area contributed by atoms with Crippen LogP contribution in [-0.2, 0) is 14.8 Å². The molecule has 1 aromatic carbocycles. The fraction of sp³-hybridized carbons (Fsp3) is 0.350. The number of nitrogens with zero attached hydrogens (tertiary/aromatic N) is 3. The molecule has 0 bridgehead atoms. The first-order chi connectivity index (χ1) is 14.4. The Morgan fingerprint density at radius 2 is 2.07 bits per heavy atom. The molecule has 4 rings (SSSR count). The number of benzene rings is 1. The first kappa shape index (κ1) is 20.7. The number of anilines is 1. The lowest BCUT2D eigenvalue weighted by Crippen LogP contribution is -2.49. The third-order valence-electron chi connectivity index (χ3n) is 5.08. The van der Waals surface area contributed by atoms with Gasteiger partial charge in [-0.2, -0.15) is 4.31 Å². The summed E-state index contributed by atoms with van der Waals surface area (Å²) in [5.74, 6) is -0.167. The number of carbonyl (C=O) groups excluding carboxylic acids is 1. The van der Waals surface area contributed by atoms with Gasteiger partial charge in [-0.25, -0.2) is 8.42 Å². The number of hydrogen-bond acceptors (Lipinski definition) is 7. The number of carbonyl (C=O) groups is 1. The molecule has 158 valence electrons. The third-order valence-corrected chi connectivity index (χ3v) is 8.36. The molecule has 0 saturated carbocycles. The van der Waals surface area contributed by atoms with E-state index in [1.165, 1.54) is 4.31 Å². The minimum absolute atomic E-state index is 0.0472. The van der Waals surface area contributed by atoms with Crippen LogP contribution in [0.1, 0.15) is 30.4 Å². The van der Waals surface area contributed by atoms with Crippen LogP contribution in [0.25, 0.3) is 11.5 Å². The molecule has 1 aliphatic rings. The summed E-state index contributed by atoms with van der Waals surface area (Å²) in [6, 6.07) is 8.21. The maximum Gasteiger partial charge on any atom is 0.322 e. The normalized spacial score (nSPS) is 17.7. The Kier molecular flexibility index (Phi) is 5.72. The highest BCUT2D eigenvalue weighted by Gasteiger charge is 2.38. The van der Waals surface area contributed by atoms with E-state index in [0.717, 1.165) is 34.4 Å². The quantitative estimate of drug-likeness (QED) is 0.642. The molecule has 30 heavy (non-hydrogen) atoms. The second kappa shape index (κ2) is 8.29. The summed E-state index contributed by atoms with van der Waals surface area (Å²) in [7, 11) is -3.73. The lowest BCUT2D eigenvalue weighted by atomic mass is 10.0. The van der Waals surface area contributed by atoms with Gasteiger partial charge >= 0.3 is 6.01 Å². The van der Waals surface area contributed by atoms with E-state index in [0.29, 0.717) is 25.3 Å². The topological polar surface area (TPSA) is 105 Å². The molecule has 0 unspecified atom stereocenters. The van der Waals surface area contributed by atoms with Crippen molar-refractivity contribution in [3.63, 3.8) is 0 Å². The van der Waals surface area contributed by atoms with Crippen molar-refractivity contribution in [3.8, 4) is 11.5 Å². The zero-order valence-electron chi connectivity index (χ0n) is 16.7. The highest BCUT2D eigenvalue weighted by molar-refractivity contribution is 7.91. The Balaban J connectivity index is 1.53. The van der Waals surface area contributed by atoms with Gasteiger partial charge in [0.05, 0.1) is 0 Å². The summed E-state index contributed by atoms with van der Waals surface area (Å²) in [4.78, 5) is 12.9. The molecule has 1 aliphatic heterocycles. The number of aryl methyl sites for hydroxylation is 2. The SMILES string of the molecule is Cc1ccc(-c2nnc(NC(=O)[C@H]3CCCCN3S(=O)(=O)c3cccs3)o2)c(C)c1. The molecule has 10 heteroatoms. The summed E-state index contributed by atoms with van der Waals surface area (Å²) in [5, 5.41) is 12.2. The Morgan fingerprint density at radius 3 is 2.80 bits per heavy atom. The number of nitrogens with one attached hydrogen (secondary N) is 1. The van der Waals surface area contributed by atoms with Crippen LogP contribution in [0.3, 0.4) is 0 Å². The zero-order chi connectivity index (χ0) is 21.3. The van der Waals surface area contributed by atoms with E-state index in [1.807, 2.05) is 32.0 Å². The summed E-state index contributed by atoms with van der Waals surface area (Å²) in [6.45, 7) is 4.24.